The number of hydrogen-bond acceptors (Lipinski definition) is 2. The molecule has 0 saturated carbocycles. The summed E-state index contributed by atoms with van der Waals surface area (Å²) in [5, 5.41) is 0.313. The standard InChI is InChI=1S/C19H19ClFNO/c1-11-7-9-14(10-8-11)18-12(2)13(3)23-19(22-18)17-15(20)5-4-6-16(17)21/h4-10,12-13,18H,1-3H3. The molecular formula is C19H19ClFNO. The Balaban J connectivity index is 2.07. The van der Waals surface area contributed by atoms with E-state index in [1.807, 2.05) is 13.8 Å². The third-order valence-electron chi connectivity index (χ3n) is 4.39. The van der Waals surface area contributed by atoms with Crippen molar-refractivity contribution in [3.05, 3.63) is 70.0 Å². The molecule has 3 atom stereocenters. The van der Waals surface area contributed by atoms with Crippen molar-refractivity contribution >= 4 is 17.5 Å². The molecule has 0 amide bonds. The van der Waals surface area contributed by atoms with E-state index in [1.54, 1.807) is 12.1 Å². The van der Waals surface area contributed by atoms with Crippen LogP contribution in [0.25, 0.3) is 0 Å². The summed E-state index contributed by atoms with van der Waals surface area (Å²) in [5.74, 6) is 0.0527. The van der Waals surface area contributed by atoms with Gasteiger partial charge in [-0.3, -0.25) is 0 Å². The van der Waals surface area contributed by atoms with E-state index in [0.29, 0.717) is 5.02 Å². The smallest absolute Gasteiger partial charge is 0.221 e. The molecule has 2 nitrogen and oxygen atoms in total. The lowest BCUT2D eigenvalue weighted by Gasteiger charge is -2.33. The molecule has 0 aliphatic carbocycles. The van der Waals surface area contributed by atoms with Crippen molar-refractivity contribution in [1.82, 2.24) is 0 Å². The van der Waals surface area contributed by atoms with Crippen LogP contribution >= 0.6 is 11.6 Å². The van der Waals surface area contributed by atoms with Crippen LogP contribution in [0, 0.1) is 18.7 Å². The Morgan fingerprint density at radius 1 is 1.09 bits per heavy atom. The minimum atomic E-state index is -0.416. The molecule has 0 aromatic heterocycles. The predicted octanol–water partition coefficient (Wildman–Crippen LogP) is 5.33. The summed E-state index contributed by atoms with van der Waals surface area (Å²) in [4.78, 5) is 4.68. The van der Waals surface area contributed by atoms with E-state index >= 15 is 0 Å². The van der Waals surface area contributed by atoms with Crippen molar-refractivity contribution in [2.24, 2.45) is 10.9 Å². The lowest BCUT2D eigenvalue weighted by atomic mass is 9.89. The molecule has 23 heavy (non-hydrogen) atoms. The molecule has 0 bridgehead atoms. The van der Waals surface area contributed by atoms with Gasteiger partial charge in [0, 0.05) is 5.92 Å². The van der Waals surface area contributed by atoms with E-state index in [0.717, 1.165) is 5.56 Å². The highest BCUT2D eigenvalue weighted by Crippen LogP contribution is 2.36. The van der Waals surface area contributed by atoms with Gasteiger partial charge in [-0.15, -0.1) is 0 Å². The number of nitrogens with zero attached hydrogens (tertiary/aromatic N) is 1. The van der Waals surface area contributed by atoms with E-state index < -0.39 is 5.82 Å². The maximum atomic E-state index is 14.2. The average Bonchev–Trinajstić information content (AvgIpc) is 2.51. The molecule has 0 radical (unpaired) electrons. The van der Waals surface area contributed by atoms with Gasteiger partial charge in [-0.2, -0.15) is 0 Å². The minimum Gasteiger partial charge on any atom is -0.474 e. The molecule has 0 saturated heterocycles. The first-order valence-corrected chi connectivity index (χ1v) is 8.10. The summed E-state index contributed by atoms with van der Waals surface area (Å²) in [6, 6.07) is 12.8. The normalized spacial score (nSPS) is 24.0. The fourth-order valence-corrected chi connectivity index (χ4v) is 3.03. The van der Waals surface area contributed by atoms with Crippen LogP contribution in [0.5, 0.6) is 0 Å². The first-order chi connectivity index (χ1) is 11.0. The van der Waals surface area contributed by atoms with Gasteiger partial charge in [0.25, 0.3) is 0 Å². The third-order valence-corrected chi connectivity index (χ3v) is 4.70. The third kappa shape index (κ3) is 3.11. The highest BCUT2D eigenvalue weighted by Gasteiger charge is 2.33. The van der Waals surface area contributed by atoms with Crippen LogP contribution in [0.2, 0.25) is 5.02 Å². The first-order valence-electron chi connectivity index (χ1n) is 7.73. The highest BCUT2D eigenvalue weighted by molar-refractivity contribution is 6.33. The van der Waals surface area contributed by atoms with Crippen LogP contribution in [0.1, 0.15) is 36.6 Å². The van der Waals surface area contributed by atoms with Crippen molar-refractivity contribution in [1.29, 1.82) is 0 Å². The molecule has 0 fully saturated rings. The molecule has 4 heteroatoms. The number of rotatable bonds is 2. The van der Waals surface area contributed by atoms with E-state index in [-0.39, 0.29) is 29.5 Å². The Bertz CT molecular complexity index is 721. The second-order valence-corrected chi connectivity index (χ2v) is 6.48. The molecule has 0 N–H and O–H groups in total. The Labute approximate surface area is 141 Å². The first kappa shape index (κ1) is 16.0. The molecular weight excluding hydrogens is 313 g/mol. The van der Waals surface area contributed by atoms with E-state index in [1.165, 1.54) is 11.6 Å². The van der Waals surface area contributed by atoms with Gasteiger partial charge in [-0.1, -0.05) is 54.4 Å². The zero-order valence-electron chi connectivity index (χ0n) is 13.4. The average molecular weight is 332 g/mol. The van der Waals surface area contributed by atoms with Gasteiger partial charge < -0.3 is 4.74 Å². The summed E-state index contributed by atoms with van der Waals surface area (Å²) in [6.07, 6.45) is -0.0792. The van der Waals surface area contributed by atoms with Gasteiger partial charge in [-0.25, -0.2) is 9.38 Å². The molecule has 1 aliphatic rings. The van der Waals surface area contributed by atoms with Gasteiger partial charge in [0.1, 0.15) is 11.9 Å². The molecule has 0 spiro atoms. The van der Waals surface area contributed by atoms with Crippen molar-refractivity contribution in [2.45, 2.75) is 32.9 Å². The number of benzene rings is 2. The fourth-order valence-electron chi connectivity index (χ4n) is 2.78. The Hall–Kier alpha value is -1.87. The van der Waals surface area contributed by atoms with Crippen LogP contribution in [-0.4, -0.2) is 12.0 Å². The largest absolute Gasteiger partial charge is 0.474 e. The fraction of sp³-hybridized carbons (Fsp3) is 0.316. The molecule has 2 aromatic carbocycles. The predicted molar refractivity (Wildman–Crippen MR) is 91.6 cm³/mol. The van der Waals surface area contributed by atoms with Crippen LogP contribution in [0.4, 0.5) is 4.39 Å². The Morgan fingerprint density at radius 3 is 2.43 bits per heavy atom. The van der Waals surface area contributed by atoms with E-state index in [9.17, 15) is 4.39 Å². The van der Waals surface area contributed by atoms with E-state index in [4.69, 9.17) is 16.3 Å². The van der Waals surface area contributed by atoms with Gasteiger partial charge in [-0.05, 0) is 31.5 Å². The second-order valence-electron chi connectivity index (χ2n) is 6.07. The van der Waals surface area contributed by atoms with Crippen molar-refractivity contribution in [3.63, 3.8) is 0 Å². The number of hydrogen-bond donors (Lipinski definition) is 0. The SMILES string of the molecule is Cc1ccc(C2N=C(c3c(F)cccc3Cl)OC(C)C2C)cc1. The molecule has 2 aromatic rings. The zero-order valence-corrected chi connectivity index (χ0v) is 14.1. The summed E-state index contributed by atoms with van der Waals surface area (Å²) >= 11 is 6.16. The van der Waals surface area contributed by atoms with Gasteiger partial charge in [0.15, 0.2) is 0 Å². The lowest BCUT2D eigenvalue weighted by molar-refractivity contribution is 0.111. The maximum Gasteiger partial charge on any atom is 0.221 e. The molecule has 1 aliphatic heterocycles. The number of aryl methyl sites for hydroxylation is 1. The quantitative estimate of drug-likeness (QED) is 0.728. The van der Waals surface area contributed by atoms with Crippen LogP contribution in [0.3, 0.4) is 0 Å². The van der Waals surface area contributed by atoms with Gasteiger partial charge >= 0.3 is 0 Å². The molecule has 120 valence electrons. The van der Waals surface area contributed by atoms with E-state index in [2.05, 4.69) is 36.2 Å². The monoisotopic (exact) mass is 331 g/mol. The number of aliphatic imine (C=N–C) groups is 1. The van der Waals surface area contributed by atoms with Gasteiger partial charge in [0.2, 0.25) is 5.90 Å². The Morgan fingerprint density at radius 2 is 1.78 bits per heavy atom. The summed E-state index contributed by atoms with van der Waals surface area (Å²) in [7, 11) is 0. The number of halogens is 2. The van der Waals surface area contributed by atoms with Crippen molar-refractivity contribution in [2.75, 3.05) is 0 Å². The minimum absolute atomic E-state index is 0.0787. The van der Waals surface area contributed by atoms with Crippen LogP contribution in [0.15, 0.2) is 47.5 Å². The molecule has 3 unspecified atom stereocenters. The summed E-state index contributed by atoms with van der Waals surface area (Å²) in [6.45, 7) is 6.13. The zero-order chi connectivity index (χ0) is 16.6. The highest BCUT2D eigenvalue weighted by atomic mass is 35.5. The number of ether oxygens (including phenoxy) is 1. The van der Waals surface area contributed by atoms with Crippen molar-refractivity contribution in [3.8, 4) is 0 Å². The Kier molecular flexibility index (Phi) is 4.40. The van der Waals surface area contributed by atoms with Gasteiger partial charge in [0.05, 0.1) is 16.6 Å². The summed E-state index contributed by atoms with van der Waals surface area (Å²) in [5.41, 5.74) is 2.54. The lowest BCUT2D eigenvalue weighted by Crippen LogP contribution is -2.32. The van der Waals surface area contributed by atoms with Crippen LogP contribution < -0.4 is 0 Å². The van der Waals surface area contributed by atoms with Crippen LogP contribution in [-0.2, 0) is 4.74 Å². The molecule has 3 rings (SSSR count). The topological polar surface area (TPSA) is 21.6 Å². The second kappa shape index (κ2) is 6.32. The summed E-state index contributed by atoms with van der Waals surface area (Å²) < 4.78 is 20.0. The molecule has 1 heterocycles. The maximum absolute atomic E-state index is 14.2. The van der Waals surface area contributed by atoms with Crippen molar-refractivity contribution < 1.29 is 9.13 Å².